The van der Waals surface area contributed by atoms with E-state index < -0.39 is 24.9 Å². The van der Waals surface area contributed by atoms with E-state index in [9.17, 15) is 17.6 Å². The van der Waals surface area contributed by atoms with Crippen LogP contribution in [-0.4, -0.2) is 34.3 Å². The predicted octanol–water partition coefficient (Wildman–Crippen LogP) is 3.08. The van der Waals surface area contributed by atoms with Crippen molar-refractivity contribution < 1.29 is 17.6 Å². The Kier molecular flexibility index (Phi) is 2.47. The van der Waals surface area contributed by atoms with Gasteiger partial charge in [-0.05, 0) is 12.1 Å². The number of pyridine rings is 1. The first kappa shape index (κ1) is 12.5. The third-order valence-corrected chi connectivity index (χ3v) is 3.38. The number of fused-ring (bicyclic) bond motifs is 1. The Labute approximate surface area is 110 Å². The lowest BCUT2D eigenvalue weighted by atomic mass is 10.2. The highest BCUT2D eigenvalue weighted by Gasteiger charge is 2.63. The molecule has 3 heterocycles. The highest BCUT2D eigenvalue weighted by Crippen LogP contribution is 2.42. The maximum absolute atomic E-state index is 13.2. The minimum atomic E-state index is -4.07. The number of alkyl halides is 4. The Morgan fingerprint density at radius 3 is 2.37 bits per heavy atom. The second-order valence-electron chi connectivity index (χ2n) is 4.43. The van der Waals surface area contributed by atoms with E-state index in [1.807, 2.05) is 0 Å². The zero-order chi connectivity index (χ0) is 13.8. The van der Waals surface area contributed by atoms with Crippen molar-refractivity contribution in [2.45, 2.75) is 11.8 Å². The van der Waals surface area contributed by atoms with Crippen molar-refractivity contribution >= 4 is 23.1 Å². The van der Waals surface area contributed by atoms with Crippen molar-refractivity contribution in [2.24, 2.45) is 0 Å². The Hall–Kier alpha value is -1.50. The summed E-state index contributed by atoms with van der Waals surface area (Å²) in [7, 11) is 0. The minimum Gasteiger partial charge on any atom is -0.329 e. The van der Waals surface area contributed by atoms with Crippen LogP contribution in [0.4, 0.5) is 23.5 Å². The van der Waals surface area contributed by atoms with Gasteiger partial charge >= 0.3 is 11.8 Å². The van der Waals surface area contributed by atoms with Crippen molar-refractivity contribution in [1.82, 2.24) is 9.38 Å². The largest absolute Gasteiger partial charge is 0.329 e. The first-order valence-electron chi connectivity index (χ1n) is 5.44. The highest BCUT2D eigenvalue weighted by atomic mass is 35.5. The molecule has 0 radical (unpaired) electrons. The van der Waals surface area contributed by atoms with E-state index >= 15 is 0 Å². The molecule has 0 spiro atoms. The predicted molar refractivity (Wildman–Crippen MR) is 62.3 cm³/mol. The van der Waals surface area contributed by atoms with Crippen molar-refractivity contribution in [3.8, 4) is 0 Å². The Bertz CT molecular complexity index is 624. The van der Waals surface area contributed by atoms with Crippen molar-refractivity contribution in [2.75, 3.05) is 18.0 Å². The molecule has 19 heavy (non-hydrogen) atoms. The van der Waals surface area contributed by atoms with Gasteiger partial charge in [0.1, 0.15) is 5.15 Å². The maximum atomic E-state index is 13.2. The van der Waals surface area contributed by atoms with Gasteiger partial charge in [0.15, 0.2) is 0 Å². The van der Waals surface area contributed by atoms with Crippen LogP contribution in [0.5, 0.6) is 0 Å². The summed E-state index contributed by atoms with van der Waals surface area (Å²) in [6, 6.07) is 4.86. The number of halogens is 5. The molecule has 1 aliphatic rings. The van der Waals surface area contributed by atoms with Gasteiger partial charge in [-0.1, -0.05) is 17.7 Å². The quantitative estimate of drug-likeness (QED) is 0.595. The van der Waals surface area contributed by atoms with E-state index in [0.29, 0.717) is 5.52 Å². The molecule has 1 saturated heterocycles. The van der Waals surface area contributed by atoms with Crippen molar-refractivity contribution in [1.29, 1.82) is 0 Å². The SMILES string of the molecule is FC1(F)CN(c2ncc3cccc(Cl)n23)CC1(F)F. The zero-order valence-corrected chi connectivity index (χ0v) is 10.2. The van der Waals surface area contributed by atoms with Gasteiger partial charge in [0.2, 0.25) is 5.95 Å². The summed E-state index contributed by atoms with van der Waals surface area (Å²) in [6.45, 7) is -2.16. The van der Waals surface area contributed by atoms with E-state index in [1.54, 1.807) is 12.1 Å². The van der Waals surface area contributed by atoms with Crippen LogP contribution >= 0.6 is 11.6 Å². The molecule has 1 aliphatic heterocycles. The van der Waals surface area contributed by atoms with Crippen molar-refractivity contribution in [3.05, 3.63) is 29.5 Å². The Balaban J connectivity index is 2.08. The molecule has 0 aromatic carbocycles. The molecule has 0 saturated carbocycles. The van der Waals surface area contributed by atoms with Crippen LogP contribution in [0.15, 0.2) is 24.4 Å². The highest BCUT2D eigenvalue weighted by molar-refractivity contribution is 6.29. The Morgan fingerprint density at radius 2 is 1.74 bits per heavy atom. The molecule has 0 aliphatic carbocycles. The summed E-state index contributed by atoms with van der Waals surface area (Å²) < 4.78 is 54.2. The Morgan fingerprint density at radius 1 is 1.11 bits per heavy atom. The lowest BCUT2D eigenvalue weighted by Crippen LogP contribution is -2.38. The molecule has 3 rings (SSSR count). The zero-order valence-electron chi connectivity index (χ0n) is 9.46. The summed E-state index contributed by atoms with van der Waals surface area (Å²) in [6.07, 6.45) is 1.40. The number of imidazole rings is 1. The fourth-order valence-electron chi connectivity index (χ4n) is 2.12. The van der Waals surface area contributed by atoms with Gasteiger partial charge in [0.05, 0.1) is 24.8 Å². The average molecular weight is 294 g/mol. The molecule has 0 unspecified atom stereocenters. The second kappa shape index (κ2) is 3.75. The van der Waals surface area contributed by atoms with Gasteiger partial charge in [0.25, 0.3) is 0 Å². The molecule has 8 heteroatoms. The number of hydrogen-bond donors (Lipinski definition) is 0. The minimum absolute atomic E-state index is 0.00236. The van der Waals surface area contributed by atoms with Crippen LogP contribution in [0, 0.1) is 0 Å². The van der Waals surface area contributed by atoms with Gasteiger partial charge < -0.3 is 4.90 Å². The van der Waals surface area contributed by atoms with Crippen LogP contribution in [0.2, 0.25) is 5.15 Å². The number of aromatic nitrogens is 2. The maximum Gasteiger partial charge on any atom is 0.329 e. The molecule has 2 aromatic rings. The van der Waals surface area contributed by atoms with Crippen LogP contribution in [0.25, 0.3) is 5.52 Å². The van der Waals surface area contributed by atoms with E-state index in [-0.39, 0.29) is 11.1 Å². The van der Waals surface area contributed by atoms with Gasteiger partial charge in [-0.15, -0.1) is 0 Å². The van der Waals surface area contributed by atoms with Gasteiger partial charge in [-0.2, -0.15) is 17.6 Å². The summed E-state index contributed by atoms with van der Waals surface area (Å²) in [5.41, 5.74) is 0.557. The lowest BCUT2D eigenvalue weighted by Gasteiger charge is -2.15. The number of anilines is 1. The van der Waals surface area contributed by atoms with E-state index in [1.165, 1.54) is 16.7 Å². The van der Waals surface area contributed by atoms with Crippen molar-refractivity contribution in [3.63, 3.8) is 0 Å². The van der Waals surface area contributed by atoms with Crippen LogP contribution in [0.3, 0.4) is 0 Å². The molecule has 2 aromatic heterocycles. The molecule has 0 atom stereocenters. The summed E-state index contributed by atoms with van der Waals surface area (Å²) >= 11 is 5.95. The average Bonchev–Trinajstić information content (AvgIpc) is 2.80. The van der Waals surface area contributed by atoms with Gasteiger partial charge in [0, 0.05) is 0 Å². The molecule has 0 amide bonds. The first-order valence-corrected chi connectivity index (χ1v) is 5.82. The van der Waals surface area contributed by atoms with Crippen LogP contribution < -0.4 is 4.90 Å². The summed E-state index contributed by atoms with van der Waals surface area (Å²) in [4.78, 5) is 4.75. The van der Waals surface area contributed by atoms with E-state index in [2.05, 4.69) is 4.98 Å². The second-order valence-corrected chi connectivity index (χ2v) is 4.82. The lowest BCUT2D eigenvalue weighted by molar-refractivity contribution is -0.172. The number of hydrogen-bond acceptors (Lipinski definition) is 2. The van der Waals surface area contributed by atoms with Gasteiger partial charge in [-0.3, -0.25) is 4.40 Å². The third kappa shape index (κ3) is 1.75. The molecule has 0 bridgehead atoms. The first-order chi connectivity index (χ1) is 8.82. The van der Waals surface area contributed by atoms with E-state index in [0.717, 1.165) is 4.90 Å². The smallest absolute Gasteiger partial charge is 0.329 e. The molecule has 102 valence electrons. The summed E-state index contributed by atoms with van der Waals surface area (Å²) in [5, 5.41) is 0.225. The fraction of sp³-hybridized carbons (Fsp3) is 0.364. The summed E-state index contributed by atoms with van der Waals surface area (Å²) in [5.74, 6) is -8.14. The molecular weight excluding hydrogens is 286 g/mol. The molecule has 3 nitrogen and oxygen atoms in total. The van der Waals surface area contributed by atoms with Gasteiger partial charge in [-0.25, -0.2) is 4.98 Å². The van der Waals surface area contributed by atoms with Crippen LogP contribution in [-0.2, 0) is 0 Å². The van der Waals surface area contributed by atoms with E-state index in [4.69, 9.17) is 11.6 Å². The normalized spacial score (nSPS) is 21.2. The molecule has 0 N–H and O–H groups in total. The molecule has 1 fully saturated rings. The molecular formula is C11H8ClF4N3. The topological polar surface area (TPSA) is 20.5 Å². The standard InChI is InChI=1S/C11H8ClF4N3/c12-8-3-1-2-7-4-17-9(19(7)8)18-5-10(13,14)11(15,16)6-18/h1-4H,5-6H2. The monoisotopic (exact) mass is 293 g/mol. The fourth-order valence-corrected chi connectivity index (χ4v) is 2.37. The number of nitrogens with zero attached hydrogens (tertiary/aromatic N) is 3. The van der Waals surface area contributed by atoms with Crippen LogP contribution in [0.1, 0.15) is 0 Å². The third-order valence-electron chi connectivity index (χ3n) is 3.08. The number of rotatable bonds is 1.